The molecule has 0 spiro atoms. The molecule has 2 heterocycles. The normalized spacial score (nSPS) is 15.5. The number of hydrogen-bond acceptors (Lipinski definition) is 3. The lowest BCUT2D eigenvalue weighted by molar-refractivity contribution is 0.279. The van der Waals surface area contributed by atoms with Gasteiger partial charge >= 0.3 is 0 Å². The number of aromatic hydroxyl groups is 1. The molecular weight excluding hydrogens is 274 g/mol. The minimum Gasteiger partial charge on any atom is -0.508 e. The minimum atomic E-state index is 0.392. The van der Waals surface area contributed by atoms with Crippen LogP contribution in [0.5, 0.6) is 5.75 Å². The highest BCUT2D eigenvalue weighted by atomic mass is 16.3. The first-order valence-corrected chi connectivity index (χ1v) is 8.23. The zero-order valence-corrected chi connectivity index (χ0v) is 13.3. The maximum Gasteiger partial charge on any atom is 0.115 e. The third-order valence-electron chi connectivity index (χ3n) is 4.63. The predicted molar refractivity (Wildman–Crippen MR) is 88.2 cm³/mol. The number of aryl methyl sites for hydroxylation is 2. The summed E-state index contributed by atoms with van der Waals surface area (Å²) >= 11 is 0. The molecule has 0 aliphatic carbocycles. The zero-order chi connectivity index (χ0) is 15.4. The van der Waals surface area contributed by atoms with Gasteiger partial charge in [-0.15, -0.1) is 0 Å². The van der Waals surface area contributed by atoms with Crippen molar-refractivity contribution in [3.05, 3.63) is 47.5 Å². The number of phenolic OH excluding ortho intramolecular Hbond substituents is 1. The molecule has 118 valence electrons. The van der Waals surface area contributed by atoms with Crippen LogP contribution in [0.1, 0.15) is 29.8 Å². The quantitative estimate of drug-likeness (QED) is 0.863. The number of benzene rings is 1. The average Bonchev–Trinajstić information content (AvgIpc) is 2.80. The minimum absolute atomic E-state index is 0.392. The van der Waals surface area contributed by atoms with Crippen molar-refractivity contribution in [2.24, 2.45) is 0 Å². The van der Waals surface area contributed by atoms with Crippen LogP contribution in [0.4, 0.5) is 0 Å². The van der Waals surface area contributed by atoms with E-state index in [-0.39, 0.29) is 0 Å². The van der Waals surface area contributed by atoms with Gasteiger partial charge in [0.1, 0.15) is 11.6 Å². The van der Waals surface area contributed by atoms with Gasteiger partial charge in [-0.3, -0.25) is 0 Å². The summed E-state index contributed by atoms with van der Waals surface area (Å²) < 4.78 is 2.22. The van der Waals surface area contributed by atoms with Crippen LogP contribution in [0.3, 0.4) is 0 Å². The Kier molecular flexibility index (Phi) is 4.78. The van der Waals surface area contributed by atoms with E-state index in [0.717, 1.165) is 44.8 Å². The van der Waals surface area contributed by atoms with Crippen molar-refractivity contribution in [2.75, 3.05) is 19.6 Å². The highest BCUT2D eigenvalue weighted by Gasteiger charge is 2.13. The van der Waals surface area contributed by atoms with E-state index in [2.05, 4.69) is 33.6 Å². The van der Waals surface area contributed by atoms with Crippen LogP contribution in [0.15, 0.2) is 30.6 Å². The fourth-order valence-electron chi connectivity index (χ4n) is 3.24. The Morgan fingerprint density at radius 3 is 2.64 bits per heavy atom. The van der Waals surface area contributed by atoms with Crippen LogP contribution in [-0.4, -0.2) is 39.2 Å². The van der Waals surface area contributed by atoms with Gasteiger partial charge in [-0.25, -0.2) is 4.98 Å². The second kappa shape index (κ2) is 6.97. The first kappa shape index (κ1) is 15.1. The van der Waals surface area contributed by atoms with E-state index in [1.54, 1.807) is 0 Å². The number of aromatic nitrogens is 2. The molecule has 0 fully saturated rings. The van der Waals surface area contributed by atoms with Crippen LogP contribution in [0.25, 0.3) is 0 Å². The number of unbranched alkanes of at least 4 members (excludes halogenated alkanes) is 1. The van der Waals surface area contributed by atoms with Crippen LogP contribution < -0.4 is 0 Å². The summed E-state index contributed by atoms with van der Waals surface area (Å²) in [6.45, 7) is 6.51. The lowest BCUT2D eigenvalue weighted by Crippen LogP contribution is -2.27. The van der Waals surface area contributed by atoms with Crippen molar-refractivity contribution in [1.29, 1.82) is 0 Å². The van der Waals surface area contributed by atoms with Gasteiger partial charge < -0.3 is 14.6 Å². The van der Waals surface area contributed by atoms with Crippen molar-refractivity contribution in [2.45, 2.75) is 39.2 Å². The number of imidazole rings is 1. The Balaban J connectivity index is 1.44. The zero-order valence-electron chi connectivity index (χ0n) is 13.3. The van der Waals surface area contributed by atoms with E-state index in [0.29, 0.717) is 5.75 Å². The maximum absolute atomic E-state index is 9.61. The topological polar surface area (TPSA) is 41.3 Å². The Hall–Kier alpha value is -1.81. The standard InChI is InChI=1S/C18H25N3O/c1-15-19-8-13-21(15)10-3-2-9-20-11-6-16-4-5-18(22)14-17(16)7-12-20/h4-5,8,13-14,22H,2-3,6-7,9-12H2,1H3. The number of hydrogen-bond donors (Lipinski definition) is 1. The molecule has 1 aliphatic heterocycles. The lowest BCUT2D eigenvalue weighted by atomic mass is 10.0. The first-order chi connectivity index (χ1) is 10.7. The van der Waals surface area contributed by atoms with Gasteiger partial charge in [0.25, 0.3) is 0 Å². The second-order valence-electron chi connectivity index (χ2n) is 6.17. The molecule has 0 atom stereocenters. The van der Waals surface area contributed by atoms with Crippen molar-refractivity contribution >= 4 is 0 Å². The van der Waals surface area contributed by atoms with Gasteiger partial charge in [-0.2, -0.15) is 0 Å². The maximum atomic E-state index is 9.61. The molecule has 0 amide bonds. The van der Waals surface area contributed by atoms with Gasteiger partial charge in [-0.05, 0) is 62.4 Å². The third-order valence-corrected chi connectivity index (χ3v) is 4.63. The number of nitrogens with zero attached hydrogens (tertiary/aromatic N) is 3. The Morgan fingerprint density at radius 1 is 1.09 bits per heavy atom. The van der Waals surface area contributed by atoms with Gasteiger partial charge in [0.2, 0.25) is 0 Å². The molecule has 22 heavy (non-hydrogen) atoms. The first-order valence-electron chi connectivity index (χ1n) is 8.23. The molecule has 1 aromatic carbocycles. The van der Waals surface area contributed by atoms with Crippen molar-refractivity contribution in [3.63, 3.8) is 0 Å². The molecule has 1 aromatic heterocycles. The molecule has 4 heteroatoms. The fraction of sp³-hybridized carbons (Fsp3) is 0.500. The Morgan fingerprint density at radius 2 is 1.86 bits per heavy atom. The van der Waals surface area contributed by atoms with Gasteiger partial charge in [-0.1, -0.05) is 6.07 Å². The molecule has 2 aromatic rings. The van der Waals surface area contributed by atoms with Crippen LogP contribution in [-0.2, 0) is 19.4 Å². The van der Waals surface area contributed by atoms with E-state index in [1.807, 2.05) is 18.3 Å². The van der Waals surface area contributed by atoms with Crippen LogP contribution in [0, 0.1) is 6.92 Å². The molecule has 4 nitrogen and oxygen atoms in total. The summed E-state index contributed by atoms with van der Waals surface area (Å²) in [7, 11) is 0. The number of rotatable bonds is 5. The summed E-state index contributed by atoms with van der Waals surface area (Å²) in [5, 5.41) is 9.61. The van der Waals surface area contributed by atoms with Crippen molar-refractivity contribution in [3.8, 4) is 5.75 Å². The summed E-state index contributed by atoms with van der Waals surface area (Å²) in [6.07, 6.45) is 8.49. The largest absolute Gasteiger partial charge is 0.508 e. The molecule has 0 radical (unpaired) electrons. The van der Waals surface area contributed by atoms with E-state index in [1.165, 1.54) is 24.0 Å². The summed E-state index contributed by atoms with van der Waals surface area (Å²) in [6, 6.07) is 5.82. The van der Waals surface area contributed by atoms with Gasteiger partial charge in [0, 0.05) is 32.0 Å². The smallest absolute Gasteiger partial charge is 0.115 e. The lowest BCUT2D eigenvalue weighted by Gasteiger charge is -2.19. The van der Waals surface area contributed by atoms with E-state index >= 15 is 0 Å². The number of phenols is 1. The number of fused-ring (bicyclic) bond motifs is 1. The van der Waals surface area contributed by atoms with Crippen LogP contribution >= 0.6 is 0 Å². The molecule has 1 N–H and O–H groups in total. The molecular formula is C18H25N3O. The van der Waals surface area contributed by atoms with E-state index in [4.69, 9.17) is 0 Å². The van der Waals surface area contributed by atoms with Gasteiger partial charge in [0.15, 0.2) is 0 Å². The SMILES string of the molecule is Cc1nccn1CCCCN1CCc2ccc(O)cc2CC1. The highest BCUT2D eigenvalue weighted by molar-refractivity contribution is 5.35. The monoisotopic (exact) mass is 299 g/mol. The molecule has 0 bridgehead atoms. The summed E-state index contributed by atoms with van der Waals surface area (Å²) in [5.74, 6) is 1.49. The molecule has 0 saturated carbocycles. The van der Waals surface area contributed by atoms with E-state index in [9.17, 15) is 5.11 Å². The molecule has 3 rings (SSSR count). The van der Waals surface area contributed by atoms with Gasteiger partial charge in [0.05, 0.1) is 0 Å². The Bertz CT molecular complexity index is 621. The predicted octanol–water partition coefficient (Wildman–Crippen LogP) is 2.78. The Labute approximate surface area is 132 Å². The summed E-state index contributed by atoms with van der Waals surface area (Å²) in [4.78, 5) is 6.81. The second-order valence-corrected chi connectivity index (χ2v) is 6.17. The average molecular weight is 299 g/mol. The third kappa shape index (κ3) is 3.69. The van der Waals surface area contributed by atoms with E-state index < -0.39 is 0 Å². The molecule has 0 saturated heterocycles. The highest BCUT2D eigenvalue weighted by Crippen LogP contribution is 2.21. The van der Waals surface area contributed by atoms with Crippen LogP contribution in [0.2, 0.25) is 0 Å². The molecule has 1 aliphatic rings. The van der Waals surface area contributed by atoms with Crippen molar-refractivity contribution in [1.82, 2.24) is 14.5 Å². The van der Waals surface area contributed by atoms with Crippen molar-refractivity contribution < 1.29 is 5.11 Å². The summed E-state index contributed by atoms with van der Waals surface area (Å²) in [5.41, 5.74) is 2.71. The fourth-order valence-corrected chi connectivity index (χ4v) is 3.24. The molecule has 0 unspecified atom stereocenters.